The summed E-state index contributed by atoms with van der Waals surface area (Å²) < 4.78 is 5.30. The van der Waals surface area contributed by atoms with Crippen molar-refractivity contribution in [3.05, 3.63) is 46.6 Å². The van der Waals surface area contributed by atoms with E-state index in [0.717, 1.165) is 50.1 Å². The first kappa shape index (κ1) is 20.0. The van der Waals surface area contributed by atoms with Crippen LogP contribution >= 0.6 is 11.6 Å². The van der Waals surface area contributed by atoms with Crippen molar-refractivity contribution in [3.63, 3.8) is 0 Å². The summed E-state index contributed by atoms with van der Waals surface area (Å²) in [5.41, 5.74) is 2.02. The van der Waals surface area contributed by atoms with Crippen LogP contribution in [0.3, 0.4) is 0 Å². The Balaban J connectivity index is 1.67. The largest absolute Gasteiger partial charge is 0.378 e. The highest BCUT2D eigenvalue weighted by atomic mass is 35.5. The van der Waals surface area contributed by atoms with Gasteiger partial charge in [-0.3, -0.25) is 4.90 Å². The first-order valence-electron chi connectivity index (χ1n) is 9.30. The molecule has 0 aromatic carbocycles. The van der Waals surface area contributed by atoms with Gasteiger partial charge in [0.15, 0.2) is 0 Å². The van der Waals surface area contributed by atoms with Gasteiger partial charge in [0.05, 0.1) is 12.3 Å². The van der Waals surface area contributed by atoms with Crippen LogP contribution in [-0.2, 0) is 23.3 Å². The lowest BCUT2D eigenvalue weighted by molar-refractivity contribution is 0.181. The molecule has 7 heteroatoms. The van der Waals surface area contributed by atoms with E-state index in [0.29, 0.717) is 11.8 Å². The third-order valence-electron chi connectivity index (χ3n) is 4.62. The Morgan fingerprint density at radius 2 is 1.85 bits per heavy atom. The van der Waals surface area contributed by atoms with Gasteiger partial charge in [0.25, 0.3) is 0 Å². The molecule has 0 amide bonds. The van der Waals surface area contributed by atoms with Crippen LogP contribution in [0, 0.1) is 0 Å². The van der Waals surface area contributed by atoms with Crippen molar-refractivity contribution in [3.8, 4) is 0 Å². The molecule has 3 rings (SSSR count). The minimum Gasteiger partial charge on any atom is -0.378 e. The number of aromatic nitrogens is 3. The third-order valence-corrected chi connectivity index (χ3v) is 4.84. The highest BCUT2D eigenvalue weighted by molar-refractivity contribution is 6.29. The van der Waals surface area contributed by atoms with E-state index in [1.165, 1.54) is 5.56 Å². The second-order valence-corrected chi connectivity index (χ2v) is 8.36. The molecule has 0 unspecified atom stereocenters. The number of ether oxygens (including phenoxy) is 1. The lowest BCUT2D eigenvalue weighted by Crippen LogP contribution is -2.46. The monoisotopic (exact) mass is 389 g/mol. The number of pyridine rings is 1. The van der Waals surface area contributed by atoms with Crippen molar-refractivity contribution < 1.29 is 4.74 Å². The third kappa shape index (κ3) is 5.37. The molecule has 2 aromatic heterocycles. The fraction of sp³-hybridized carbons (Fsp3) is 0.550. The zero-order valence-corrected chi connectivity index (χ0v) is 17.3. The summed E-state index contributed by atoms with van der Waals surface area (Å²) in [6.07, 6.45) is 1.85. The first-order valence-corrected chi connectivity index (χ1v) is 9.68. The normalized spacial score (nSPS) is 16.0. The number of hydrogen-bond donors (Lipinski definition) is 0. The number of halogens is 1. The topological polar surface area (TPSA) is 54.4 Å². The fourth-order valence-corrected chi connectivity index (χ4v) is 3.21. The summed E-state index contributed by atoms with van der Waals surface area (Å²) in [6.45, 7) is 11.7. The number of nitrogens with zero attached hydrogens (tertiary/aromatic N) is 5. The van der Waals surface area contributed by atoms with Crippen LogP contribution < -0.4 is 4.90 Å². The number of piperazine rings is 1. The van der Waals surface area contributed by atoms with Crippen molar-refractivity contribution in [2.24, 2.45) is 0 Å². The molecule has 1 aliphatic heterocycles. The van der Waals surface area contributed by atoms with E-state index in [1.807, 2.05) is 18.3 Å². The molecule has 0 atom stereocenters. The smallest absolute Gasteiger partial charge is 0.136 e. The van der Waals surface area contributed by atoms with Gasteiger partial charge in [0.2, 0.25) is 0 Å². The van der Waals surface area contributed by atoms with Gasteiger partial charge in [-0.05, 0) is 11.6 Å². The van der Waals surface area contributed by atoms with Crippen LogP contribution in [0.15, 0.2) is 24.4 Å². The second-order valence-electron chi connectivity index (χ2n) is 7.98. The summed E-state index contributed by atoms with van der Waals surface area (Å²) >= 11 is 5.87. The van der Waals surface area contributed by atoms with E-state index in [9.17, 15) is 0 Å². The van der Waals surface area contributed by atoms with Crippen LogP contribution in [0.2, 0.25) is 5.15 Å². The van der Waals surface area contributed by atoms with Gasteiger partial charge in [-0.2, -0.15) is 0 Å². The summed E-state index contributed by atoms with van der Waals surface area (Å²) in [5, 5.41) is 0.536. The minimum atomic E-state index is -0.0953. The van der Waals surface area contributed by atoms with E-state index in [4.69, 9.17) is 21.3 Å². The van der Waals surface area contributed by atoms with E-state index in [-0.39, 0.29) is 5.41 Å². The number of hydrogen-bond acceptors (Lipinski definition) is 6. The van der Waals surface area contributed by atoms with Crippen molar-refractivity contribution in [1.82, 2.24) is 19.9 Å². The van der Waals surface area contributed by atoms with Crippen LogP contribution in [0.25, 0.3) is 0 Å². The van der Waals surface area contributed by atoms with E-state index in [1.54, 1.807) is 7.11 Å². The summed E-state index contributed by atoms with van der Waals surface area (Å²) in [6, 6.07) is 5.94. The Kier molecular flexibility index (Phi) is 6.29. The SMILES string of the molecule is COCc1cc(N2CCN(Cc3ccc(Cl)nc3)CC2)nc(C(C)(C)C)n1. The van der Waals surface area contributed by atoms with Gasteiger partial charge in [-0.1, -0.05) is 38.4 Å². The quantitative estimate of drug-likeness (QED) is 0.731. The van der Waals surface area contributed by atoms with Crippen LogP contribution in [0.1, 0.15) is 37.9 Å². The predicted molar refractivity (Wildman–Crippen MR) is 108 cm³/mol. The first-order chi connectivity index (χ1) is 12.8. The van der Waals surface area contributed by atoms with Gasteiger partial charge in [-0.15, -0.1) is 0 Å². The average Bonchev–Trinajstić information content (AvgIpc) is 2.64. The lowest BCUT2D eigenvalue weighted by atomic mass is 9.95. The van der Waals surface area contributed by atoms with Gasteiger partial charge in [-0.25, -0.2) is 15.0 Å². The predicted octanol–water partition coefficient (Wildman–Crippen LogP) is 3.29. The molecule has 0 radical (unpaired) electrons. The van der Waals surface area contributed by atoms with Crippen molar-refractivity contribution in [2.45, 2.75) is 39.3 Å². The van der Waals surface area contributed by atoms with Gasteiger partial charge in [0, 0.05) is 57.5 Å². The fourth-order valence-electron chi connectivity index (χ4n) is 3.10. The number of rotatable bonds is 5. The molecule has 0 spiro atoms. The summed E-state index contributed by atoms with van der Waals surface area (Å²) in [5.74, 6) is 1.86. The molecule has 27 heavy (non-hydrogen) atoms. The van der Waals surface area contributed by atoms with E-state index < -0.39 is 0 Å². The second kappa shape index (κ2) is 8.50. The molecule has 6 nitrogen and oxygen atoms in total. The minimum absolute atomic E-state index is 0.0953. The standard InChI is InChI=1S/C20H28ClN5O/c1-20(2,3)19-23-16(14-27-4)11-18(24-19)26-9-7-25(8-10-26)13-15-5-6-17(21)22-12-15/h5-6,11-12H,7-10,13-14H2,1-4H3. The molecule has 0 N–H and O–H groups in total. The lowest BCUT2D eigenvalue weighted by Gasteiger charge is -2.36. The Labute approximate surface area is 166 Å². The number of anilines is 1. The van der Waals surface area contributed by atoms with Crippen LogP contribution in [0.5, 0.6) is 0 Å². The Morgan fingerprint density at radius 1 is 1.11 bits per heavy atom. The van der Waals surface area contributed by atoms with Crippen molar-refractivity contribution in [1.29, 1.82) is 0 Å². The number of methoxy groups -OCH3 is 1. The Hall–Kier alpha value is -1.76. The van der Waals surface area contributed by atoms with Crippen molar-refractivity contribution in [2.75, 3.05) is 38.2 Å². The van der Waals surface area contributed by atoms with Gasteiger partial charge in [0.1, 0.15) is 16.8 Å². The average molecular weight is 390 g/mol. The highest BCUT2D eigenvalue weighted by Gasteiger charge is 2.23. The molecule has 1 aliphatic rings. The van der Waals surface area contributed by atoms with Gasteiger partial charge >= 0.3 is 0 Å². The molecule has 0 aliphatic carbocycles. The molecule has 1 saturated heterocycles. The van der Waals surface area contributed by atoms with Crippen molar-refractivity contribution >= 4 is 17.4 Å². The Morgan fingerprint density at radius 3 is 2.44 bits per heavy atom. The molecule has 2 aromatic rings. The maximum absolute atomic E-state index is 5.87. The highest BCUT2D eigenvalue weighted by Crippen LogP contribution is 2.23. The zero-order chi connectivity index (χ0) is 19.4. The molecule has 146 valence electrons. The van der Waals surface area contributed by atoms with Crippen LogP contribution in [0.4, 0.5) is 5.82 Å². The van der Waals surface area contributed by atoms with Gasteiger partial charge < -0.3 is 9.64 Å². The maximum atomic E-state index is 5.87. The van der Waals surface area contributed by atoms with E-state index >= 15 is 0 Å². The molecular formula is C20H28ClN5O. The molecule has 1 fully saturated rings. The molecule has 0 saturated carbocycles. The summed E-state index contributed by atoms with van der Waals surface area (Å²) in [7, 11) is 1.70. The Bertz CT molecular complexity index is 752. The zero-order valence-electron chi connectivity index (χ0n) is 16.6. The van der Waals surface area contributed by atoms with Crippen LogP contribution in [-0.4, -0.2) is 53.1 Å². The molecule has 3 heterocycles. The molecular weight excluding hydrogens is 362 g/mol. The molecule has 0 bridgehead atoms. The maximum Gasteiger partial charge on any atom is 0.136 e. The van der Waals surface area contributed by atoms with E-state index in [2.05, 4.69) is 46.6 Å². The summed E-state index contributed by atoms with van der Waals surface area (Å²) in [4.78, 5) is 18.5.